The minimum atomic E-state index is -5.67. The fraction of sp³-hybridized carbons (Fsp3) is 1.00. The molecule has 0 aromatic heterocycles. The van der Waals surface area contributed by atoms with Gasteiger partial charge in [-0.25, -0.2) is 0 Å². The highest BCUT2D eigenvalue weighted by atomic mass is 31.2. The van der Waals surface area contributed by atoms with E-state index < -0.39 is 53.9 Å². The Balaban J connectivity index is 0. The van der Waals surface area contributed by atoms with Gasteiger partial charge in [-0.05, 0) is 52.7 Å². The van der Waals surface area contributed by atoms with E-state index in [9.17, 15) is 47.6 Å². The Hall–Kier alpha value is 0.480. The normalized spacial score (nSPS) is 15.1. The molecule has 0 heterocycles. The maximum Gasteiger partial charge on any atom is 0.363 e. The number of unbranched alkanes of at least 4 members (excludes halogenated alkanes) is 3. The van der Waals surface area contributed by atoms with E-state index in [1.807, 2.05) is 0 Å². The molecule has 0 aromatic rings. The summed E-state index contributed by atoms with van der Waals surface area (Å²) in [6, 6.07) is 0. The lowest BCUT2D eigenvalue weighted by molar-refractivity contribution is 0.118. The summed E-state index contributed by atoms with van der Waals surface area (Å²) in [7, 11) is -21.8. The van der Waals surface area contributed by atoms with Crippen LogP contribution in [0.5, 0.6) is 0 Å². The van der Waals surface area contributed by atoms with Gasteiger partial charge in [-0.15, -0.1) is 0 Å². The van der Waals surface area contributed by atoms with E-state index >= 15 is 0 Å². The van der Waals surface area contributed by atoms with Gasteiger partial charge in [-0.1, -0.05) is 26.7 Å². The predicted molar refractivity (Wildman–Crippen MR) is 133 cm³/mol. The highest BCUT2D eigenvalue weighted by Gasteiger charge is 2.69. The van der Waals surface area contributed by atoms with Crippen molar-refractivity contribution in [3.63, 3.8) is 0 Å². The molecule has 0 aliphatic carbocycles. The molecule has 1 unspecified atom stereocenters. The van der Waals surface area contributed by atoms with Gasteiger partial charge in [0.1, 0.15) is 0 Å². The number of nitrogens with two attached hydrogens (primary N) is 2. The van der Waals surface area contributed by atoms with Crippen molar-refractivity contribution in [2.75, 3.05) is 32.8 Å². The molecule has 0 radical (unpaired) electrons. The maximum atomic E-state index is 13.4. The third kappa shape index (κ3) is 10.6. The maximum absolute atomic E-state index is 13.4. The molecule has 15 nitrogen and oxygen atoms in total. The summed E-state index contributed by atoms with van der Waals surface area (Å²) in [6.07, 6.45) is 4.04. The molecule has 0 amide bonds. The first-order valence-electron chi connectivity index (χ1n) is 11.1. The third-order valence-corrected chi connectivity index (χ3v) is 14.1. The Bertz CT molecular complexity index is 748. The van der Waals surface area contributed by atoms with E-state index in [1.54, 1.807) is 0 Å². The van der Waals surface area contributed by atoms with Crippen molar-refractivity contribution in [3.8, 4) is 0 Å². The van der Waals surface area contributed by atoms with Gasteiger partial charge in [0.2, 0.25) is 10.5 Å². The number of hydrogen-bond donors (Lipinski definition) is 8. The third-order valence-electron chi connectivity index (χ3n) is 4.82. The highest BCUT2D eigenvalue weighted by Crippen LogP contribution is 2.79. The molecule has 1 atom stereocenters. The van der Waals surface area contributed by atoms with E-state index in [0.717, 1.165) is 39.8 Å². The van der Waals surface area contributed by atoms with E-state index in [0.29, 0.717) is 0 Å². The largest absolute Gasteiger partial charge is 0.363 e. The summed E-state index contributed by atoms with van der Waals surface area (Å²) < 4.78 is 59.5. The quantitative estimate of drug-likeness (QED) is 0.0884. The van der Waals surface area contributed by atoms with Gasteiger partial charge >= 0.3 is 30.4 Å². The van der Waals surface area contributed by atoms with Crippen molar-refractivity contribution in [2.24, 2.45) is 11.5 Å². The predicted octanol–water partition coefficient (Wildman–Crippen LogP) is 1.92. The van der Waals surface area contributed by atoms with Crippen molar-refractivity contribution < 1.29 is 56.7 Å². The molecule has 10 N–H and O–H groups in total. The SMILES string of the molecule is CCOP(=O)(OCC)C(CC)(N(CC)C(P(=O)(O)O)P(=O)(O)O)P(=O)(O)O.NCCCCCCN. The minimum Gasteiger partial charge on any atom is -0.330 e. The first-order valence-corrected chi connectivity index (χ1v) is 17.7. The van der Waals surface area contributed by atoms with Gasteiger partial charge in [0, 0.05) is 0 Å². The monoisotopic (exact) mass is 593 g/mol. The molecule has 0 saturated carbocycles. The van der Waals surface area contributed by atoms with Crippen LogP contribution in [0.3, 0.4) is 0 Å². The second-order valence-electron chi connectivity index (χ2n) is 7.31. The van der Waals surface area contributed by atoms with Crippen LogP contribution in [0.25, 0.3) is 0 Å². The molecule has 0 aromatic carbocycles. The number of nitrogens with zero attached hydrogens (tertiary/aromatic N) is 1. The smallest absolute Gasteiger partial charge is 0.330 e. The lowest BCUT2D eigenvalue weighted by atomic mass is 10.2. The Labute approximate surface area is 207 Å². The lowest BCUT2D eigenvalue weighted by Gasteiger charge is -2.48. The second kappa shape index (κ2) is 16.4. The molecule has 0 aliphatic rings. The molecule has 35 heavy (non-hydrogen) atoms. The zero-order valence-corrected chi connectivity index (χ0v) is 24.2. The van der Waals surface area contributed by atoms with Crippen molar-refractivity contribution in [1.29, 1.82) is 0 Å². The van der Waals surface area contributed by atoms with Gasteiger partial charge in [0.15, 0.2) is 0 Å². The number of hydrogen-bond acceptors (Lipinski definition) is 9. The lowest BCUT2D eigenvalue weighted by Crippen LogP contribution is -2.53. The van der Waals surface area contributed by atoms with Crippen LogP contribution in [0.15, 0.2) is 0 Å². The summed E-state index contributed by atoms with van der Waals surface area (Å²) in [5.41, 5.74) is 7.60. The van der Waals surface area contributed by atoms with Crippen LogP contribution in [0.2, 0.25) is 0 Å². The average Bonchev–Trinajstić information content (AvgIpc) is 2.69. The van der Waals surface area contributed by atoms with Gasteiger partial charge in [0.25, 0.3) is 0 Å². The molecule has 0 fully saturated rings. The molecule has 0 spiro atoms. The second-order valence-corrected chi connectivity index (χ2v) is 15.5. The van der Waals surface area contributed by atoms with Gasteiger partial charge in [0.05, 0.1) is 13.2 Å². The van der Waals surface area contributed by atoms with E-state index in [-0.39, 0.29) is 18.1 Å². The number of rotatable bonds is 17. The van der Waals surface area contributed by atoms with Crippen LogP contribution in [0, 0.1) is 0 Å². The molecule has 0 aliphatic heterocycles. The van der Waals surface area contributed by atoms with Crippen molar-refractivity contribution >= 4 is 30.4 Å². The Morgan fingerprint density at radius 2 is 1.11 bits per heavy atom. The van der Waals surface area contributed by atoms with E-state index in [1.165, 1.54) is 26.7 Å². The van der Waals surface area contributed by atoms with Crippen LogP contribution in [0.4, 0.5) is 0 Å². The summed E-state index contributed by atoms with van der Waals surface area (Å²) in [6.45, 7) is 5.19. The van der Waals surface area contributed by atoms with Crippen molar-refractivity contribution in [2.45, 2.75) is 70.3 Å². The van der Waals surface area contributed by atoms with Crippen LogP contribution < -0.4 is 11.5 Å². The molecule has 0 bridgehead atoms. The fourth-order valence-electron chi connectivity index (χ4n) is 3.47. The molecule has 0 saturated heterocycles. The van der Waals surface area contributed by atoms with Crippen LogP contribution in [-0.4, -0.2) is 77.7 Å². The average molecular weight is 593 g/mol. The van der Waals surface area contributed by atoms with Crippen LogP contribution in [-0.2, 0) is 27.3 Å². The Morgan fingerprint density at radius 3 is 1.31 bits per heavy atom. The zero-order valence-electron chi connectivity index (χ0n) is 20.7. The standard InChI is InChI=1S/C10H27NO12P4.C6H16N2/c1-5-10(26(18,19)20,27(21,22-7-3)23-8-4)11(6-2)9(24(12,13)14)25(15,16)17;7-5-3-1-2-4-6-8/h9H,5-8H2,1-4H3,(H2,12,13,14)(H2,15,16,17)(H2,18,19,20);1-8H2. The summed E-state index contributed by atoms with van der Waals surface area (Å²) in [4.78, 5) is 58.3. The summed E-state index contributed by atoms with van der Waals surface area (Å²) in [5.74, 6) is 0. The van der Waals surface area contributed by atoms with Gasteiger partial charge in [-0.2, -0.15) is 0 Å². The molecule has 0 rings (SSSR count). The summed E-state index contributed by atoms with van der Waals surface area (Å²) >= 11 is 0. The minimum absolute atomic E-state index is 0.168. The molecular weight excluding hydrogens is 550 g/mol. The molecule has 19 heteroatoms. The highest BCUT2D eigenvalue weighted by molar-refractivity contribution is 7.74. The first kappa shape index (κ1) is 37.6. The fourth-order valence-corrected chi connectivity index (χ4v) is 11.6. The van der Waals surface area contributed by atoms with Crippen molar-refractivity contribution in [1.82, 2.24) is 4.90 Å². The molecule has 214 valence electrons. The van der Waals surface area contributed by atoms with E-state index in [4.69, 9.17) is 20.5 Å². The Kier molecular flexibility index (Phi) is 17.7. The molecular formula is C16H43N3O12P4. The summed E-state index contributed by atoms with van der Waals surface area (Å²) in [5, 5.41) is -3.03. The van der Waals surface area contributed by atoms with Crippen LogP contribution >= 0.6 is 30.4 Å². The van der Waals surface area contributed by atoms with Gasteiger partial charge < -0.3 is 49.9 Å². The van der Waals surface area contributed by atoms with Gasteiger partial charge in [-0.3, -0.25) is 23.2 Å². The van der Waals surface area contributed by atoms with Crippen molar-refractivity contribution in [3.05, 3.63) is 0 Å². The topological polar surface area (TPSA) is 263 Å². The van der Waals surface area contributed by atoms with E-state index in [2.05, 4.69) is 0 Å². The van der Waals surface area contributed by atoms with Crippen LogP contribution in [0.1, 0.15) is 59.8 Å². The Morgan fingerprint density at radius 1 is 0.743 bits per heavy atom. The first-order chi connectivity index (χ1) is 15.9. The zero-order chi connectivity index (χ0) is 28.1.